The monoisotopic (exact) mass is 546 g/mol. The number of nitro benzene ring substituents is 1. The van der Waals surface area contributed by atoms with Gasteiger partial charge in [0.15, 0.2) is 0 Å². The maximum atomic E-state index is 13.7. The van der Waals surface area contributed by atoms with Crippen molar-refractivity contribution in [2.45, 2.75) is 58.2 Å². The Balaban J connectivity index is 1.97. The zero-order chi connectivity index (χ0) is 28.0. The van der Waals surface area contributed by atoms with E-state index in [1.165, 1.54) is 24.1 Å². The van der Waals surface area contributed by atoms with Gasteiger partial charge in [-0.25, -0.2) is 8.42 Å². The van der Waals surface area contributed by atoms with Crippen molar-refractivity contribution in [1.29, 1.82) is 0 Å². The van der Waals surface area contributed by atoms with E-state index in [4.69, 9.17) is 4.74 Å². The van der Waals surface area contributed by atoms with Crippen molar-refractivity contribution in [2.24, 2.45) is 0 Å². The third-order valence-corrected chi connectivity index (χ3v) is 7.75. The number of ether oxygens (including phenoxy) is 1. The Bertz CT molecular complexity index is 1290. The van der Waals surface area contributed by atoms with Gasteiger partial charge in [0.05, 0.1) is 18.3 Å². The van der Waals surface area contributed by atoms with Crippen molar-refractivity contribution in [3.8, 4) is 5.75 Å². The van der Waals surface area contributed by atoms with Gasteiger partial charge in [0.25, 0.3) is 5.69 Å². The van der Waals surface area contributed by atoms with Crippen LogP contribution < -0.4 is 14.4 Å². The Morgan fingerprint density at radius 1 is 1.18 bits per heavy atom. The first-order valence-electron chi connectivity index (χ1n) is 12.4. The van der Waals surface area contributed by atoms with Crippen molar-refractivity contribution in [1.82, 2.24) is 10.2 Å². The van der Waals surface area contributed by atoms with Gasteiger partial charge in [0.2, 0.25) is 21.8 Å². The predicted molar refractivity (Wildman–Crippen MR) is 143 cm³/mol. The molecule has 1 aliphatic carbocycles. The van der Waals surface area contributed by atoms with Gasteiger partial charge in [0.1, 0.15) is 24.0 Å². The van der Waals surface area contributed by atoms with Gasteiger partial charge in [-0.15, -0.1) is 0 Å². The fraction of sp³-hybridized carbons (Fsp3) is 0.462. The fourth-order valence-electron chi connectivity index (χ4n) is 4.56. The number of anilines is 1. The molecule has 11 nitrogen and oxygen atoms in total. The number of nitrogens with zero attached hydrogens (tertiary/aromatic N) is 3. The molecule has 0 aliphatic heterocycles. The van der Waals surface area contributed by atoms with Gasteiger partial charge < -0.3 is 15.0 Å². The largest absolute Gasteiger partial charge is 0.495 e. The lowest BCUT2D eigenvalue weighted by atomic mass is 10.1. The number of rotatable bonds is 11. The first-order valence-corrected chi connectivity index (χ1v) is 14.2. The van der Waals surface area contributed by atoms with Gasteiger partial charge in [-0.2, -0.15) is 0 Å². The number of amides is 2. The highest BCUT2D eigenvalue weighted by atomic mass is 32.2. The van der Waals surface area contributed by atoms with E-state index < -0.39 is 33.4 Å². The molecule has 0 spiro atoms. The smallest absolute Gasteiger partial charge is 0.271 e. The summed E-state index contributed by atoms with van der Waals surface area (Å²) in [7, 11) is -2.79. The fourth-order valence-corrected chi connectivity index (χ4v) is 5.41. The summed E-state index contributed by atoms with van der Waals surface area (Å²) in [4.78, 5) is 38.9. The van der Waals surface area contributed by atoms with E-state index in [1.54, 1.807) is 6.92 Å². The van der Waals surface area contributed by atoms with Crippen LogP contribution >= 0.6 is 0 Å². The lowest BCUT2D eigenvalue weighted by molar-refractivity contribution is -0.384. The summed E-state index contributed by atoms with van der Waals surface area (Å²) < 4.78 is 31.7. The summed E-state index contributed by atoms with van der Waals surface area (Å²) in [6.07, 6.45) is 4.70. The normalized spacial score (nSPS) is 14.5. The summed E-state index contributed by atoms with van der Waals surface area (Å²) in [5.41, 5.74) is 1.24. The quantitative estimate of drug-likeness (QED) is 0.337. The summed E-state index contributed by atoms with van der Waals surface area (Å²) in [5.74, 6) is -0.914. The van der Waals surface area contributed by atoms with E-state index in [1.807, 2.05) is 31.2 Å². The predicted octanol–water partition coefficient (Wildman–Crippen LogP) is 3.15. The van der Waals surface area contributed by atoms with Crippen LogP contribution in [-0.4, -0.2) is 62.0 Å². The molecule has 0 radical (unpaired) electrons. The van der Waals surface area contributed by atoms with E-state index in [0.717, 1.165) is 53.4 Å². The lowest BCUT2D eigenvalue weighted by Crippen LogP contribution is -2.52. The molecule has 1 aliphatic rings. The van der Waals surface area contributed by atoms with Gasteiger partial charge in [-0.3, -0.25) is 24.0 Å². The number of aryl methyl sites for hydroxylation is 1. The molecule has 1 atom stereocenters. The molecule has 0 unspecified atom stereocenters. The highest BCUT2D eigenvalue weighted by Gasteiger charge is 2.33. The standard InChI is InChI=1S/C26H34N4O7S/c1-18-8-7-9-20(14-18)16-28(19(2)26(32)27-21-10-5-6-11-21)25(31)17-29(38(4,35)36)23-15-22(30(33)34)12-13-24(23)37-3/h7-9,12-15,19,21H,5-6,10-11,16-17H2,1-4H3,(H,27,32)/t19-/m0/s1. The molecule has 0 heterocycles. The first-order chi connectivity index (χ1) is 17.9. The Labute approximate surface area is 223 Å². The number of nitrogens with one attached hydrogen (secondary N) is 1. The zero-order valence-corrected chi connectivity index (χ0v) is 22.9. The Hall–Kier alpha value is -3.67. The summed E-state index contributed by atoms with van der Waals surface area (Å²) in [6.45, 7) is 2.91. The van der Waals surface area contributed by atoms with Crippen LogP contribution in [-0.2, 0) is 26.2 Å². The number of benzene rings is 2. The minimum atomic E-state index is -4.08. The average molecular weight is 547 g/mol. The molecule has 206 valence electrons. The number of sulfonamides is 1. The third kappa shape index (κ3) is 7.21. The summed E-state index contributed by atoms with van der Waals surface area (Å²) in [6, 6.07) is 10.1. The van der Waals surface area contributed by atoms with Crippen molar-refractivity contribution in [3.63, 3.8) is 0 Å². The molecule has 3 rings (SSSR count). The second kappa shape index (κ2) is 12.2. The van der Waals surface area contributed by atoms with E-state index in [0.29, 0.717) is 0 Å². The van der Waals surface area contributed by atoms with Gasteiger partial charge in [0, 0.05) is 24.7 Å². The van der Waals surface area contributed by atoms with Crippen LogP contribution in [0.15, 0.2) is 42.5 Å². The summed E-state index contributed by atoms with van der Waals surface area (Å²) >= 11 is 0. The van der Waals surface area contributed by atoms with Crippen molar-refractivity contribution >= 4 is 33.2 Å². The number of hydrogen-bond donors (Lipinski definition) is 1. The average Bonchev–Trinajstić information content (AvgIpc) is 3.37. The SMILES string of the molecule is COc1ccc([N+](=O)[O-])cc1N(CC(=O)N(Cc1cccc(C)c1)[C@@H](C)C(=O)NC1CCCC1)S(C)(=O)=O. The number of non-ortho nitro benzene ring substituents is 1. The maximum Gasteiger partial charge on any atom is 0.271 e. The Kier molecular flexibility index (Phi) is 9.31. The van der Waals surface area contributed by atoms with E-state index >= 15 is 0 Å². The third-order valence-electron chi connectivity index (χ3n) is 6.63. The van der Waals surface area contributed by atoms with E-state index in [-0.39, 0.29) is 35.6 Å². The molecular formula is C26H34N4O7S. The van der Waals surface area contributed by atoms with Crippen LogP contribution in [0.1, 0.15) is 43.7 Å². The molecule has 0 saturated heterocycles. The minimum absolute atomic E-state index is 0.0440. The molecule has 38 heavy (non-hydrogen) atoms. The molecule has 12 heteroatoms. The molecule has 0 aromatic heterocycles. The second-order valence-electron chi connectivity index (χ2n) is 9.56. The lowest BCUT2D eigenvalue weighted by Gasteiger charge is -2.32. The minimum Gasteiger partial charge on any atom is -0.495 e. The highest BCUT2D eigenvalue weighted by molar-refractivity contribution is 7.92. The Morgan fingerprint density at radius 2 is 1.87 bits per heavy atom. The molecular weight excluding hydrogens is 512 g/mol. The van der Waals surface area contributed by atoms with Crippen molar-refractivity contribution < 1.29 is 27.7 Å². The van der Waals surface area contributed by atoms with Crippen molar-refractivity contribution in [2.75, 3.05) is 24.2 Å². The second-order valence-corrected chi connectivity index (χ2v) is 11.5. The van der Waals surface area contributed by atoms with Crippen LogP contribution in [0.25, 0.3) is 0 Å². The van der Waals surface area contributed by atoms with E-state index in [9.17, 15) is 28.1 Å². The number of nitro groups is 1. The molecule has 2 amide bonds. The number of hydrogen-bond acceptors (Lipinski definition) is 7. The van der Waals surface area contributed by atoms with E-state index in [2.05, 4.69) is 5.32 Å². The first kappa shape index (κ1) is 28.9. The summed E-state index contributed by atoms with van der Waals surface area (Å²) in [5, 5.41) is 14.4. The zero-order valence-electron chi connectivity index (χ0n) is 22.0. The molecule has 2 aromatic rings. The van der Waals surface area contributed by atoms with Crippen LogP contribution in [0.2, 0.25) is 0 Å². The van der Waals surface area contributed by atoms with Crippen LogP contribution in [0, 0.1) is 17.0 Å². The van der Waals surface area contributed by atoms with Gasteiger partial charge in [-0.05, 0) is 38.3 Å². The highest BCUT2D eigenvalue weighted by Crippen LogP contribution is 2.34. The Morgan fingerprint density at radius 3 is 2.45 bits per heavy atom. The maximum absolute atomic E-state index is 13.7. The molecule has 1 N–H and O–H groups in total. The molecule has 2 aromatic carbocycles. The van der Waals surface area contributed by atoms with Crippen LogP contribution in [0.4, 0.5) is 11.4 Å². The number of methoxy groups -OCH3 is 1. The molecule has 1 fully saturated rings. The molecule has 0 bridgehead atoms. The van der Waals surface area contributed by atoms with Gasteiger partial charge >= 0.3 is 0 Å². The van der Waals surface area contributed by atoms with Crippen LogP contribution in [0.3, 0.4) is 0 Å². The van der Waals surface area contributed by atoms with Crippen LogP contribution in [0.5, 0.6) is 5.75 Å². The number of carbonyl (C=O) groups excluding carboxylic acids is 2. The topological polar surface area (TPSA) is 139 Å². The van der Waals surface area contributed by atoms with Gasteiger partial charge in [-0.1, -0.05) is 42.7 Å². The van der Waals surface area contributed by atoms with Crippen molar-refractivity contribution in [3.05, 3.63) is 63.7 Å². The molecule has 1 saturated carbocycles. The number of carbonyl (C=O) groups is 2.